The molecule has 2 heteroatoms. The Morgan fingerprint density at radius 2 is 0.905 bits per heavy atom. The molecule has 11 aromatic rings. The van der Waals surface area contributed by atoms with Crippen molar-refractivity contribution in [2.45, 2.75) is 5.41 Å². The second-order valence-electron chi connectivity index (χ2n) is 16.8. The van der Waals surface area contributed by atoms with Gasteiger partial charge in [-0.05, 0) is 108 Å². The Labute approximate surface area is 366 Å². The lowest BCUT2D eigenvalue weighted by Gasteiger charge is -2.40. The third-order valence-electron chi connectivity index (χ3n) is 13.5. The van der Waals surface area contributed by atoms with E-state index in [1.54, 1.807) is 0 Å². The van der Waals surface area contributed by atoms with Crippen LogP contribution < -0.4 is 9.64 Å². The molecular formula is C61H39NO. The van der Waals surface area contributed by atoms with Gasteiger partial charge in [0.2, 0.25) is 0 Å². The van der Waals surface area contributed by atoms with E-state index in [9.17, 15) is 0 Å². The lowest BCUT2D eigenvalue weighted by molar-refractivity contribution is 0.436. The maximum Gasteiger partial charge on any atom is 0.132 e. The number of fused-ring (bicyclic) bond motifs is 13. The van der Waals surface area contributed by atoms with E-state index in [1.807, 2.05) is 0 Å². The Bertz CT molecular complexity index is 3630. The van der Waals surface area contributed by atoms with Crippen LogP contribution in [0, 0.1) is 0 Å². The number of ether oxygens (including phenoxy) is 1. The minimum atomic E-state index is -0.676. The van der Waals surface area contributed by atoms with Gasteiger partial charge in [-0.25, -0.2) is 0 Å². The first kappa shape index (κ1) is 35.5. The molecule has 1 aliphatic carbocycles. The summed E-state index contributed by atoms with van der Waals surface area (Å²) in [5.74, 6) is 1.75. The minimum Gasteiger partial charge on any atom is -0.457 e. The molecule has 13 rings (SSSR count). The van der Waals surface area contributed by atoms with E-state index < -0.39 is 5.41 Å². The van der Waals surface area contributed by atoms with Gasteiger partial charge in [0.15, 0.2) is 0 Å². The van der Waals surface area contributed by atoms with Gasteiger partial charge in [-0.15, -0.1) is 0 Å². The summed E-state index contributed by atoms with van der Waals surface area (Å²) in [7, 11) is 0. The Morgan fingerprint density at radius 3 is 1.73 bits per heavy atom. The third-order valence-corrected chi connectivity index (χ3v) is 13.5. The highest BCUT2D eigenvalue weighted by Crippen LogP contribution is 2.64. The average molecular weight is 802 g/mol. The van der Waals surface area contributed by atoms with Gasteiger partial charge in [0.1, 0.15) is 11.5 Å². The zero-order valence-electron chi connectivity index (χ0n) is 34.4. The quantitative estimate of drug-likeness (QED) is 0.172. The molecule has 0 aromatic heterocycles. The van der Waals surface area contributed by atoms with Crippen LogP contribution in [0.1, 0.15) is 22.3 Å². The highest BCUT2D eigenvalue weighted by molar-refractivity contribution is 6.12. The second kappa shape index (κ2) is 13.9. The fourth-order valence-electron chi connectivity index (χ4n) is 10.7. The summed E-state index contributed by atoms with van der Waals surface area (Å²) < 4.78 is 7.04. The number of para-hydroxylation sites is 2. The Kier molecular flexibility index (Phi) is 7.85. The molecule has 2 aliphatic rings. The van der Waals surface area contributed by atoms with Crippen LogP contribution in [0.2, 0.25) is 0 Å². The summed E-state index contributed by atoms with van der Waals surface area (Å²) in [4.78, 5) is 2.50. The van der Waals surface area contributed by atoms with Crippen LogP contribution in [0.4, 0.5) is 17.1 Å². The highest BCUT2D eigenvalue weighted by Gasteiger charge is 2.52. The molecule has 1 spiro atoms. The average Bonchev–Trinajstić information content (AvgIpc) is 3.64. The zero-order valence-corrected chi connectivity index (χ0v) is 34.4. The molecule has 294 valence electrons. The lowest BCUT2D eigenvalue weighted by atomic mass is 9.65. The maximum absolute atomic E-state index is 7.04. The molecule has 0 fully saturated rings. The van der Waals surface area contributed by atoms with E-state index in [4.69, 9.17) is 4.74 Å². The number of hydrogen-bond donors (Lipinski definition) is 0. The summed E-state index contributed by atoms with van der Waals surface area (Å²) in [6.45, 7) is 0. The molecule has 2 nitrogen and oxygen atoms in total. The van der Waals surface area contributed by atoms with Gasteiger partial charge in [0.25, 0.3) is 0 Å². The van der Waals surface area contributed by atoms with Gasteiger partial charge in [-0.2, -0.15) is 0 Å². The number of anilines is 3. The molecule has 1 unspecified atom stereocenters. The fraction of sp³-hybridized carbons (Fsp3) is 0.0164. The van der Waals surface area contributed by atoms with Crippen molar-refractivity contribution in [3.8, 4) is 44.9 Å². The highest BCUT2D eigenvalue weighted by atomic mass is 16.5. The molecule has 11 aromatic carbocycles. The first-order valence-corrected chi connectivity index (χ1v) is 21.7. The largest absolute Gasteiger partial charge is 0.457 e. The maximum atomic E-state index is 7.04. The van der Waals surface area contributed by atoms with Gasteiger partial charge < -0.3 is 9.64 Å². The molecule has 0 bridgehead atoms. The molecule has 0 radical (unpaired) electrons. The van der Waals surface area contributed by atoms with Gasteiger partial charge >= 0.3 is 0 Å². The standard InChI is InChI=1S/C61H39NO/c1-2-18-42(19-3-1)48-22-11-14-28-56(48)62(47-34-32-41-17-5-7-21-44(41)37-47)57-39-55-60(50-24-9-8-23-49(50)57)51-25-10-12-26-52(51)61(55)53-27-13-15-29-58(53)63-59-38-46(33-35-54(59)61)45-31-30-40-16-4-6-20-43(40)36-45/h1-39H. The van der Waals surface area contributed by atoms with Crippen molar-refractivity contribution >= 4 is 49.4 Å². The molecule has 1 atom stereocenters. The fourth-order valence-corrected chi connectivity index (χ4v) is 10.7. The number of benzene rings is 11. The van der Waals surface area contributed by atoms with Crippen molar-refractivity contribution in [1.29, 1.82) is 0 Å². The summed E-state index contributed by atoms with van der Waals surface area (Å²) in [5, 5.41) is 7.26. The van der Waals surface area contributed by atoms with Crippen LogP contribution in [0.3, 0.4) is 0 Å². The molecule has 1 aliphatic heterocycles. The van der Waals surface area contributed by atoms with Gasteiger partial charge in [-0.1, -0.05) is 194 Å². The normalized spacial score (nSPS) is 14.5. The van der Waals surface area contributed by atoms with Crippen molar-refractivity contribution in [3.63, 3.8) is 0 Å². The van der Waals surface area contributed by atoms with Crippen LogP contribution in [0.15, 0.2) is 237 Å². The Hall–Kier alpha value is -8.20. The molecule has 0 amide bonds. The summed E-state index contributed by atoms with van der Waals surface area (Å²) in [6.07, 6.45) is 0. The first-order valence-electron chi connectivity index (χ1n) is 21.7. The van der Waals surface area contributed by atoms with E-state index in [0.29, 0.717) is 0 Å². The topological polar surface area (TPSA) is 12.5 Å². The SMILES string of the molecule is c1ccc(-c2ccccc2N(c2ccc3ccccc3c2)c2cc3c(c4ccccc24)-c2ccccc2C32c3ccccc3Oc3cc(-c4ccc5ccccc5c4)ccc32)cc1. The van der Waals surface area contributed by atoms with Crippen LogP contribution in [-0.2, 0) is 5.41 Å². The van der Waals surface area contributed by atoms with Gasteiger partial charge in [-0.3, -0.25) is 0 Å². The number of hydrogen-bond acceptors (Lipinski definition) is 2. The van der Waals surface area contributed by atoms with Crippen LogP contribution in [0.5, 0.6) is 11.5 Å². The van der Waals surface area contributed by atoms with Crippen LogP contribution >= 0.6 is 0 Å². The summed E-state index contributed by atoms with van der Waals surface area (Å²) in [6, 6.07) is 86.6. The second-order valence-corrected chi connectivity index (χ2v) is 16.8. The Balaban J connectivity index is 1.13. The summed E-state index contributed by atoms with van der Waals surface area (Å²) in [5.41, 5.74) is 14.6. The van der Waals surface area contributed by atoms with E-state index in [1.165, 1.54) is 60.1 Å². The van der Waals surface area contributed by atoms with Crippen molar-refractivity contribution in [3.05, 3.63) is 259 Å². The van der Waals surface area contributed by atoms with E-state index in [2.05, 4.69) is 241 Å². The summed E-state index contributed by atoms with van der Waals surface area (Å²) >= 11 is 0. The van der Waals surface area contributed by atoms with Crippen molar-refractivity contribution in [1.82, 2.24) is 0 Å². The number of rotatable bonds is 5. The Morgan fingerprint density at radius 1 is 0.317 bits per heavy atom. The molecule has 0 saturated heterocycles. The van der Waals surface area contributed by atoms with Gasteiger partial charge in [0.05, 0.1) is 16.8 Å². The lowest BCUT2D eigenvalue weighted by Crippen LogP contribution is -2.32. The van der Waals surface area contributed by atoms with E-state index in [-0.39, 0.29) is 0 Å². The van der Waals surface area contributed by atoms with Crippen LogP contribution in [-0.4, -0.2) is 0 Å². The molecule has 63 heavy (non-hydrogen) atoms. The molecule has 0 N–H and O–H groups in total. The van der Waals surface area contributed by atoms with E-state index in [0.717, 1.165) is 56.4 Å². The van der Waals surface area contributed by atoms with Crippen molar-refractivity contribution in [2.75, 3.05) is 4.90 Å². The molecule has 0 saturated carbocycles. The van der Waals surface area contributed by atoms with Crippen molar-refractivity contribution < 1.29 is 4.74 Å². The first-order chi connectivity index (χ1) is 31.2. The van der Waals surface area contributed by atoms with Gasteiger partial charge in [0, 0.05) is 27.8 Å². The van der Waals surface area contributed by atoms with Crippen molar-refractivity contribution in [2.24, 2.45) is 0 Å². The predicted molar refractivity (Wildman–Crippen MR) is 262 cm³/mol. The monoisotopic (exact) mass is 801 g/mol. The third kappa shape index (κ3) is 5.32. The van der Waals surface area contributed by atoms with Crippen LogP contribution in [0.25, 0.3) is 65.7 Å². The molecule has 1 heterocycles. The predicted octanol–water partition coefficient (Wildman–Crippen LogP) is 16.4. The zero-order chi connectivity index (χ0) is 41.5. The number of nitrogens with zero attached hydrogens (tertiary/aromatic N) is 1. The minimum absolute atomic E-state index is 0.676. The van der Waals surface area contributed by atoms with E-state index >= 15 is 0 Å². The molecular weight excluding hydrogens is 763 g/mol. The smallest absolute Gasteiger partial charge is 0.132 e.